The lowest BCUT2D eigenvalue weighted by atomic mass is 10.2. The molecule has 168 valence electrons. The summed E-state index contributed by atoms with van der Waals surface area (Å²) in [5.41, 5.74) is 1.55. The zero-order valence-corrected chi connectivity index (χ0v) is 18.7. The fraction of sp³-hybridized carbons (Fsp3) is 0.409. The van der Waals surface area contributed by atoms with E-state index in [4.69, 9.17) is 9.47 Å². The molecule has 1 saturated heterocycles. The van der Waals surface area contributed by atoms with Crippen molar-refractivity contribution in [1.29, 1.82) is 0 Å². The maximum atomic E-state index is 12.7. The second-order valence-electron chi connectivity index (χ2n) is 7.30. The van der Waals surface area contributed by atoms with Gasteiger partial charge in [-0.15, -0.1) is 0 Å². The van der Waals surface area contributed by atoms with Gasteiger partial charge in [0.15, 0.2) is 0 Å². The van der Waals surface area contributed by atoms with Crippen molar-refractivity contribution in [3.05, 3.63) is 59.7 Å². The zero-order valence-electron chi connectivity index (χ0n) is 17.9. The van der Waals surface area contributed by atoms with Gasteiger partial charge in [0.2, 0.25) is 10.0 Å². The molecular weight excluding hydrogens is 418 g/mol. The van der Waals surface area contributed by atoms with Crippen LogP contribution < -0.4 is 14.8 Å². The number of hydrogen-bond donors (Lipinski definition) is 1. The highest BCUT2D eigenvalue weighted by Crippen LogP contribution is 2.24. The van der Waals surface area contributed by atoms with Crippen LogP contribution in [0.15, 0.2) is 48.5 Å². The molecule has 0 saturated carbocycles. The second kappa shape index (κ2) is 10.6. The van der Waals surface area contributed by atoms with Crippen molar-refractivity contribution in [3.8, 4) is 11.5 Å². The molecule has 1 N–H and O–H groups in total. The number of hydrogen-bond acceptors (Lipinski definition) is 6. The largest absolute Gasteiger partial charge is 0.497 e. The molecule has 0 unspecified atom stereocenters. The molecule has 1 heterocycles. The third-order valence-corrected chi connectivity index (χ3v) is 7.14. The van der Waals surface area contributed by atoms with Gasteiger partial charge in [-0.1, -0.05) is 30.3 Å². The molecule has 1 aliphatic rings. The van der Waals surface area contributed by atoms with Crippen molar-refractivity contribution in [2.24, 2.45) is 0 Å². The number of rotatable bonds is 9. The highest BCUT2D eigenvalue weighted by Gasteiger charge is 2.27. The van der Waals surface area contributed by atoms with E-state index in [1.165, 1.54) is 24.1 Å². The average molecular weight is 448 g/mol. The first-order valence-corrected chi connectivity index (χ1v) is 11.8. The lowest BCUT2D eigenvalue weighted by Crippen LogP contribution is -2.49. The molecule has 0 aliphatic carbocycles. The van der Waals surface area contributed by atoms with Crippen LogP contribution in [0.1, 0.15) is 15.9 Å². The Labute approximate surface area is 183 Å². The molecule has 1 aliphatic heterocycles. The van der Waals surface area contributed by atoms with E-state index in [0.29, 0.717) is 43.2 Å². The molecule has 2 aromatic rings. The number of amides is 1. The van der Waals surface area contributed by atoms with E-state index in [-0.39, 0.29) is 18.2 Å². The van der Waals surface area contributed by atoms with Crippen molar-refractivity contribution in [3.63, 3.8) is 0 Å². The number of methoxy groups -OCH3 is 2. The average Bonchev–Trinajstić information content (AvgIpc) is 2.79. The molecule has 31 heavy (non-hydrogen) atoms. The normalized spacial score (nSPS) is 15.4. The molecule has 1 fully saturated rings. The van der Waals surface area contributed by atoms with Crippen molar-refractivity contribution in [2.45, 2.75) is 6.54 Å². The van der Waals surface area contributed by atoms with Crippen LogP contribution in [0, 0.1) is 0 Å². The Hall–Kier alpha value is -2.62. The summed E-state index contributed by atoms with van der Waals surface area (Å²) in [6.45, 7) is 3.12. The van der Waals surface area contributed by atoms with Crippen LogP contribution >= 0.6 is 0 Å². The molecule has 1 amide bonds. The summed E-state index contributed by atoms with van der Waals surface area (Å²) >= 11 is 0. The van der Waals surface area contributed by atoms with E-state index in [9.17, 15) is 13.2 Å². The fourth-order valence-electron chi connectivity index (χ4n) is 3.51. The smallest absolute Gasteiger partial charge is 0.255 e. The Morgan fingerprint density at radius 3 is 2.35 bits per heavy atom. The highest BCUT2D eigenvalue weighted by atomic mass is 32.2. The fourth-order valence-corrected chi connectivity index (χ4v) is 4.85. The quantitative estimate of drug-likeness (QED) is 0.628. The standard InChI is InChI=1S/C22H29N3O5S/c1-29-19-8-9-20(21(16-19)30-2)22(26)23-10-15-31(27,28)25-13-11-24(12-14-25)17-18-6-4-3-5-7-18/h3-9,16H,10-15,17H2,1-2H3,(H,23,26). The Bertz CT molecular complexity index is 974. The van der Waals surface area contributed by atoms with E-state index in [2.05, 4.69) is 22.3 Å². The molecule has 0 aromatic heterocycles. The Balaban J connectivity index is 1.48. The second-order valence-corrected chi connectivity index (χ2v) is 9.39. The Morgan fingerprint density at radius 2 is 1.71 bits per heavy atom. The monoisotopic (exact) mass is 447 g/mol. The van der Waals surface area contributed by atoms with Crippen LogP contribution in [0.4, 0.5) is 0 Å². The van der Waals surface area contributed by atoms with Crippen LogP contribution in [-0.2, 0) is 16.6 Å². The van der Waals surface area contributed by atoms with Crippen LogP contribution in [0.5, 0.6) is 11.5 Å². The van der Waals surface area contributed by atoms with Gasteiger partial charge in [0.1, 0.15) is 11.5 Å². The summed E-state index contributed by atoms with van der Waals surface area (Å²) in [7, 11) is -0.449. The van der Waals surface area contributed by atoms with E-state index in [1.54, 1.807) is 18.2 Å². The summed E-state index contributed by atoms with van der Waals surface area (Å²) < 4.78 is 37.2. The van der Waals surface area contributed by atoms with Gasteiger partial charge in [-0.2, -0.15) is 4.31 Å². The van der Waals surface area contributed by atoms with Gasteiger partial charge in [0.25, 0.3) is 5.91 Å². The van der Waals surface area contributed by atoms with Gasteiger partial charge in [-0.05, 0) is 17.7 Å². The molecule has 3 rings (SSSR count). The van der Waals surface area contributed by atoms with Gasteiger partial charge >= 0.3 is 0 Å². The molecule has 0 atom stereocenters. The third kappa shape index (κ3) is 6.19. The lowest BCUT2D eigenvalue weighted by Gasteiger charge is -2.34. The molecule has 0 spiro atoms. The maximum Gasteiger partial charge on any atom is 0.255 e. The van der Waals surface area contributed by atoms with Crippen molar-refractivity contribution >= 4 is 15.9 Å². The molecule has 9 heteroatoms. The topological polar surface area (TPSA) is 88.2 Å². The minimum absolute atomic E-state index is 0.0284. The lowest BCUT2D eigenvalue weighted by molar-refractivity contribution is 0.0953. The van der Waals surface area contributed by atoms with Gasteiger partial charge in [-0.3, -0.25) is 9.69 Å². The Morgan fingerprint density at radius 1 is 1.00 bits per heavy atom. The van der Waals surface area contributed by atoms with Gasteiger partial charge in [0, 0.05) is 45.3 Å². The summed E-state index contributed by atoms with van der Waals surface area (Å²) in [5, 5.41) is 2.67. The van der Waals surface area contributed by atoms with E-state index >= 15 is 0 Å². The van der Waals surface area contributed by atoms with Gasteiger partial charge < -0.3 is 14.8 Å². The molecule has 0 bridgehead atoms. The van der Waals surface area contributed by atoms with Gasteiger partial charge in [-0.25, -0.2) is 8.42 Å². The summed E-state index contributed by atoms with van der Waals surface area (Å²) in [6, 6.07) is 15.0. The molecular formula is C22H29N3O5S. The van der Waals surface area contributed by atoms with E-state index < -0.39 is 10.0 Å². The predicted molar refractivity (Wildman–Crippen MR) is 119 cm³/mol. The van der Waals surface area contributed by atoms with Gasteiger partial charge in [0.05, 0.1) is 25.5 Å². The third-order valence-electron chi connectivity index (χ3n) is 5.27. The van der Waals surface area contributed by atoms with E-state index in [1.807, 2.05) is 18.2 Å². The van der Waals surface area contributed by atoms with Crippen molar-refractivity contribution in [2.75, 3.05) is 52.7 Å². The highest BCUT2D eigenvalue weighted by molar-refractivity contribution is 7.89. The first-order valence-electron chi connectivity index (χ1n) is 10.2. The van der Waals surface area contributed by atoms with Crippen LogP contribution in [0.25, 0.3) is 0 Å². The minimum atomic E-state index is -3.44. The number of sulfonamides is 1. The first-order chi connectivity index (χ1) is 14.9. The number of nitrogens with zero attached hydrogens (tertiary/aromatic N) is 2. The first kappa shape index (κ1) is 23.1. The zero-order chi connectivity index (χ0) is 22.3. The summed E-state index contributed by atoms with van der Waals surface area (Å²) in [4.78, 5) is 14.7. The summed E-state index contributed by atoms with van der Waals surface area (Å²) in [6.07, 6.45) is 0. The maximum absolute atomic E-state index is 12.7. The number of piperazine rings is 1. The van der Waals surface area contributed by atoms with Crippen molar-refractivity contribution in [1.82, 2.24) is 14.5 Å². The minimum Gasteiger partial charge on any atom is -0.497 e. The SMILES string of the molecule is COc1ccc(C(=O)NCCS(=O)(=O)N2CCN(Cc3ccccc3)CC2)c(OC)c1. The number of benzene rings is 2. The number of carbonyl (C=O) groups excluding carboxylic acids is 1. The number of ether oxygens (including phenoxy) is 2. The molecule has 8 nitrogen and oxygen atoms in total. The predicted octanol–water partition coefficient (Wildman–Crippen LogP) is 1.58. The molecule has 0 radical (unpaired) electrons. The number of carbonyl (C=O) groups is 1. The summed E-state index contributed by atoms with van der Waals surface area (Å²) in [5.74, 6) is 0.412. The number of nitrogens with one attached hydrogen (secondary N) is 1. The van der Waals surface area contributed by atoms with Crippen LogP contribution in [0.2, 0.25) is 0 Å². The van der Waals surface area contributed by atoms with E-state index in [0.717, 1.165) is 6.54 Å². The van der Waals surface area contributed by atoms with Crippen LogP contribution in [0.3, 0.4) is 0 Å². The van der Waals surface area contributed by atoms with Crippen molar-refractivity contribution < 1.29 is 22.7 Å². The van der Waals surface area contributed by atoms with Crippen LogP contribution in [-0.4, -0.2) is 76.2 Å². The molecule has 2 aromatic carbocycles. The Kier molecular flexibility index (Phi) is 7.89.